The number of aromatic carboxylic acids is 1. The normalized spacial score (nSPS) is 15.1. The fourth-order valence-corrected chi connectivity index (χ4v) is 2.33. The van der Waals surface area contributed by atoms with Crippen LogP contribution in [0.3, 0.4) is 0 Å². The summed E-state index contributed by atoms with van der Waals surface area (Å²) in [6.07, 6.45) is 2.08. The van der Waals surface area contributed by atoms with Crippen LogP contribution in [-0.4, -0.2) is 26.9 Å². The van der Waals surface area contributed by atoms with E-state index in [-0.39, 0.29) is 17.0 Å². The molecule has 2 heterocycles. The van der Waals surface area contributed by atoms with Crippen LogP contribution in [0.2, 0.25) is 0 Å². The summed E-state index contributed by atoms with van der Waals surface area (Å²) in [6.45, 7) is 3.98. The topological polar surface area (TPSA) is 81.5 Å². The second-order valence-electron chi connectivity index (χ2n) is 5.44. The Kier molecular flexibility index (Phi) is 3.01. The Morgan fingerprint density at radius 1 is 1.38 bits per heavy atom. The van der Waals surface area contributed by atoms with Crippen molar-refractivity contribution in [2.24, 2.45) is 0 Å². The van der Waals surface area contributed by atoms with Gasteiger partial charge in [-0.05, 0) is 26.0 Å². The largest absolute Gasteiger partial charge is 0.483 e. The van der Waals surface area contributed by atoms with E-state index in [1.54, 1.807) is 6.07 Å². The van der Waals surface area contributed by atoms with Crippen molar-refractivity contribution >= 4 is 5.97 Å². The number of carboxylic acid groups (broad SMARTS) is 1. The van der Waals surface area contributed by atoms with Crippen LogP contribution in [0.4, 0.5) is 0 Å². The molecule has 0 spiro atoms. The van der Waals surface area contributed by atoms with Gasteiger partial charge in [0.25, 0.3) is 5.88 Å². The quantitative estimate of drug-likeness (QED) is 0.934. The predicted molar refractivity (Wildman–Crippen MR) is 73.9 cm³/mol. The monoisotopic (exact) mass is 286 g/mol. The van der Waals surface area contributed by atoms with E-state index in [1.165, 1.54) is 12.3 Å². The van der Waals surface area contributed by atoms with Gasteiger partial charge in [0.05, 0.1) is 6.20 Å². The van der Waals surface area contributed by atoms with Crippen LogP contribution >= 0.6 is 0 Å². The molecule has 3 rings (SSSR count). The molecule has 0 saturated heterocycles. The SMILES string of the molecule is CC1(C)Cc2cccc(Oc3nnccc3C(=O)O)c2O1. The Labute approximate surface area is 121 Å². The molecule has 0 radical (unpaired) electrons. The number of benzene rings is 1. The number of carboxylic acids is 1. The number of fused-ring (bicyclic) bond motifs is 1. The van der Waals surface area contributed by atoms with Crippen molar-refractivity contribution in [3.8, 4) is 17.4 Å². The molecule has 1 aliphatic heterocycles. The van der Waals surface area contributed by atoms with E-state index in [2.05, 4.69) is 10.2 Å². The lowest BCUT2D eigenvalue weighted by molar-refractivity contribution is 0.0692. The van der Waals surface area contributed by atoms with Gasteiger partial charge in [-0.2, -0.15) is 5.10 Å². The van der Waals surface area contributed by atoms with Crippen molar-refractivity contribution in [2.45, 2.75) is 25.9 Å². The molecule has 21 heavy (non-hydrogen) atoms. The van der Waals surface area contributed by atoms with Crippen molar-refractivity contribution in [1.29, 1.82) is 0 Å². The van der Waals surface area contributed by atoms with Crippen molar-refractivity contribution in [3.05, 3.63) is 41.6 Å². The van der Waals surface area contributed by atoms with Crippen LogP contribution in [0, 0.1) is 0 Å². The molecule has 0 atom stereocenters. The molecule has 1 aromatic heterocycles. The van der Waals surface area contributed by atoms with E-state index in [4.69, 9.17) is 14.6 Å². The lowest BCUT2D eigenvalue weighted by Gasteiger charge is -2.18. The van der Waals surface area contributed by atoms with E-state index in [9.17, 15) is 4.79 Å². The zero-order valence-corrected chi connectivity index (χ0v) is 11.7. The number of carbonyl (C=O) groups is 1. The minimum Gasteiger partial charge on any atom is -0.483 e. The maximum atomic E-state index is 11.2. The van der Waals surface area contributed by atoms with Gasteiger partial charge in [-0.25, -0.2) is 4.79 Å². The third kappa shape index (κ3) is 2.52. The van der Waals surface area contributed by atoms with Gasteiger partial charge in [-0.1, -0.05) is 12.1 Å². The summed E-state index contributed by atoms with van der Waals surface area (Å²) in [5, 5.41) is 16.6. The Bertz CT molecular complexity index is 713. The van der Waals surface area contributed by atoms with Crippen LogP contribution in [0.15, 0.2) is 30.5 Å². The molecule has 6 heteroatoms. The second-order valence-corrected chi connectivity index (χ2v) is 5.44. The standard InChI is InChI=1S/C15H14N2O4/c1-15(2)8-9-4-3-5-11(12(9)21-15)20-13-10(14(18)19)6-7-16-17-13/h3-7H,8H2,1-2H3,(H,18,19). The van der Waals surface area contributed by atoms with E-state index in [0.29, 0.717) is 11.5 Å². The Hall–Kier alpha value is -2.63. The maximum absolute atomic E-state index is 11.2. The molecule has 108 valence electrons. The fourth-order valence-electron chi connectivity index (χ4n) is 2.33. The molecular weight excluding hydrogens is 272 g/mol. The summed E-state index contributed by atoms with van der Waals surface area (Å²) in [4.78, 5) is 11.2. The van der Waals surface area contributed by atoms with Crippen LogP contribution in [0.25, 0.3) is 0 Å². The molecule has 0 bridgehead atoms. The molecule has 0 fully saturated rings. The number of aromatic nitrogens is 2. The number of hydrogen-bond acceptors (Lipinski definition) is 5. The maximum Gasteiger partial charge on any atom is 0.341 e. The number of nitrogens with zero attached hydrogens (tertiary/aromatic N) is 2. The van der Waals surface area contributed by atoms with Gasteiger partial charge in [0, 0.05) is 12.0 Å². The summed E-state index contributed by atoms with van der Waals surface area (Å²) in [5.74, 6) is -0.0917. The summed E-state index contributed by atoms with van der Waals surface area (Å²) >= 11 is 0. The zero-order valence-electron chi connectivity index (χ0n) is 11.7. The first kappa shape index (κ1) is 13.4. The van der Waals surface area contributed by atoms with E-state index < -0.39 is 5.97 Å². The molecule has 6 nitrogen and oxygen atoms in total. The Balaban J connectivity index is 1.98. The van der Waals surface area contributed by atoms with Crippen molar-refractivity contribution < 1.29 is 19.4 Å². The van der Waals surface area contributed by atoms with Gasteiger partial charge >= 0.3 is 5.97 Å². The minimum absolute atomic E-state index is 0.0418. The highest BCUT2D eigenvalue weighted by atomic mass is 16.5. The molecule has 0 amide bonds. The smallest absolute Gasteiger partial charge is 0.341 e. The van der Waals surface area contributed by atoms with Crippen molar-refractivity contribution in [2.75, 3.05) is 0 Å². The molecule has 0 unspecified atom stereocenters. The number of ether oxygens (including phenoxy) is 2. The van der Waals surface area contributed by atoms with Crippen LogP contribution in [0.1, 0.15) is 29.8 Å². The summed E-state index contributed by atoms with van der Waals surface area (Å²) in [5.41, 5.74) is 0.679. The van der Waals surface area contributed by atoms with Gasteiger partial charge in [0.15, 0.2) is 11.5 Å². The fraction of sp³-hybridized carbons (Fsp3) is 0.267. The van der Waals surface area contributed by atoms with Gasteiger partial charge in [0.2, 0.25) is 0 Å². The first-order chi connectivity index (χ1) is 9.96. The number of rotatable bonds is 3. The molecule has 1 N–H and O–H groups in total. The lowest BCUT2D eigenvalue weighted by atomic mass is 10.0. The van der Waals surface area contributed by atoms with Gasteiger partial charge in [-0.15, -0.1) is 5.10 Å². The van der Waals surface area contributed by atoms with Crippen LogP contribution < -0.4 is 9.47 Å². The second kappa shape index (κ2) is 4.73. The third-order valence-electron chi connectivity index (χ3n) is 3.18. The molecule has 2 aromatic rings. The van der Waals surface area contributed by atoms with E-state index in [0.717, 1.165) is 12.0 Å². The van der Waals surface area contributed by atoms with Crippen LogP contribution in [0.5, 0.6) is 17.4 Å². The lowest BCUT2D eigenvalue weighted by Crippen LogP contribution is -2.24. The zero-order chi connectivity index (χ0) is 15.0. The van der Waals surface area contributed by atoms with Gasteiger partial charge in [0.1, 0.15) is 11.2 Å². The van der Waals surface area contributed by atoms with Crippen molar-refractivity contribution in [3.63, 3.8) is 0 Å². The van der Waals surface area contributed by atoms with Gasteiger partial charge in [-0.3, -0.25) is 0 Å². The third-order valence-corrected chi connectivity index (χ3v) is 3.18. The molecular formula is C15H14N2O4. The first-order valence-corrected chi connectivity index (χ1v) is 6.50. The minimum atomic E-state index is -1.12. The Morgan fingerprint density at radius 3 is 2.95 bits per heavy atom. The number of hydrogen-bond donors (Lipinski definition) is 1. The molecule has 1 aliphatic rings. The van der Waals surface area contributed by atoms with Crippen molar-refractivity contribution in [1.82, 2.24) is 10.2 Å². The number of para-hydroxylation sites is 1. The summed E-state index contributed by atoms with van der Waals surface area (Å²) in [6, 6.07) is 6.88. The summed E-state index contributed by atoms with van der Waals surface area (Å²) < 4.78 is 11.5. The average Bonchev–Trinajstić information content (AvgIpc) is 2.74. The highest BCUT2D eigenvalue weighted by Crippen LogP contribution is 2.43. The van der Waals surface area contributed by atoms with E-state index in [1.807, 2.05) is 26.0 Å². The molecule has 0 saturated carbocycles. The molecule has 0 aliphatic carbocycles. The first-order valence-electron chi connectivity index (χ1n) is 6.50. The highest BCUT2D eigenvalue weighted by molar-refractivity contribution is 5.90. The Morgan fingerprint density at radius 2 is 2.19 bits per heavy atom. The molecule has 1 aromatic carbocycles. The van der Waals surface area contributed by atoms with Gasteiger partial charge < -0.3 is 14.6 Å². The predicted octanol–water partition coefficient (Wildman–Crippen LogP) is 2.68. The van der Waals surface area contributed by atoms with E-state index >= 15 is 0 Å². The highest BCUT2D eigenvalue weighted by Gasteiger charge is 2.32. The van der Waals surface area contributed by atoms with Crippen LogP contribution in [-0.2, 0) is 6.42 Å². The summed E-state index contributed by atoms with van der Waals surface area (Å²) in [7, 11) is 0. The average molecular weight is 286 g/mol.